The van der Waals surface area contributed by atoms with Crippen LogP contribution >= 0.6 is 0 Å². The number of rotatable bonds is 0. The Morgan fingerprint density at radius 3 is 2.73 bits per heavy atom. The third-order valence-corrected chi connectivity index (χ3v) is 3.41. The highest BCUT2D eigenvalue weighted by Crippen LogP contribution is 2.36. The summed E-state index contributed by atoms with van der Waals surface area (Å²) in [7, 11) is 0. The fourth-order valence-electron chi connectivity index (χ4n) is 2.73. The Balaban J connectivity index is 1.99. The van der Waals surface area contributed by atoms with Crippen LogP contribution in [0, 0.1) is 18.8 Å². The van der Waals surface area contributed by atoms with Crippen molar-refractivity contribution < 1.29 is 0 Å². The molecule has 0 spiro atoms. The van der Waals surface area contributed by atoms with Gasteiger partial charge in [0, 0.05) is 6.04 Å². The molecule has 3 atom stereocenters. The van der Waals surface area contributed by atoms with Gasteiger partial charge in [-0.2, -0.15) is 0 Å². The number of hydrogen-bond donors (Lipinski definition) is 1. The Hall–Kier alpha value is -0.0400. The first-order valence-electron chi connectivity index (χ1n) is 4.94. The van der Waals surface area contributed by atoms with Gasteiger partial charge in [0.2, 0.25) is 0 Å². The summed E-state index contributed by atoms with van der Waals surface area (Å²) < 4.78 is 0. The second kappa shape index (κ2) is 3.14. The molecule has 1 aliphatic heterocycles. The van der Waals surface area contributed by atoms with Crippen LogP contribution in [0.2, 0.25) is 0 Å². The molecule has 2 aliphatic rings. The van der Waals surface area contributed by atoms with Gasteiger partial charge in [-0.3, -0.25) is 0 Å². The second-order valence-corrected chi connectivity index (χ2v) is 4.06. The standard InChI is InChI=1S/C10H18N/c1-8-10-5-3-2-4-9(10)6-7-11-8/h8-11H,1-7H2. The van der Waals surface area contributed by atoms with Crippen LogP contribution in [0.25, 0.3) is 0 Å². The molecule has 11 heavy (non-hydrogen) atoms. The van der Waals surface area contributed by atoms with Crippen LogP contribution in [0.4, 0.5) is 0 Å². The van der Waals surface area contributed by atoms with Crippen molar-refractivity contribution in [2.45, 2.75) is 38.1 Å². The summed E-state index contributed by atoms with van der Waals surface area (Å²) in [4.78, 5) is 0. The van der Waals surface area contributed by atoms with Crippen LogP contribution in [-0.4, -0.2) is 12.6 Å². The number of fused-ring (bicyclic) bond motifs is 1. The van der Waals surface area contributed by atoms with E-state index in [1.807, 2.05) is 0 Å². The summed E-state index contributed by atoms with van der Waals surface area (Å²) in [5, 5.41) is 3.47. The molecule has 0 bridgehead atoms. The van der Waals surface area contributed by atoms with Gasteiger partial charge in [0.25, 0.3) is 0 Å². The fraction of sp³-hybridized carbons (Fsp3) is 0.900. The van der Waals surface area contributed by atoms with E-state index in [9.17, 15) is 0 Å². The number of piperidine rings is 1. The Morgan fingerprint density at radius 1 is 1.09 bits per heavy atom. The molecule has 1 saturated carbocycles. The molecular formula is C10H18N. The molecule has 63 valence electrons. The molecule has 0 aromatic carbocycles. The van der Waals surface area contributed by atoms with Crippen LogP contribution in [0.15, 0.2) is 0 Å². The third kappa shape index (κ3) is 1.44. The first kappa shape index (κ1) is 7.60. The summed E-state index contributed by atoms with van der Waals surface area (Å²) in [6.07, 6.45) is 7.20. The Bertz CT molecular complexity index is 131. The molecule has 1 heteroatoms. The van der Waals surface area contributed by atoms with Gasteiger partial charge in [0.1, 0.15) is 0 Å². The highest BCUT2D eigenvalue weighted by Gasteiger charge is 2.31. The zero-order chi connectivity index (χ0) is 7.68. The van der Waals surface area contributed by atoms with E-state index in [-0.39, 0.29) is 0 Å². The van der Waals surface area contributed by atoms with Crippen LogP contribution in [0.5, 0.6) is 0 Å². The molecule has 1 aliphatic carbocycles. The molecular weight excluding hydrogens is 134 g/mol. The number of hydrogen-bond acceptors (Lipinski definition) is 1. The molecule has 2 fully saturated rings. The minimum absolute atomic E-state index is 0.550. The second-order valence-electron chi connectivity index (χ2n) is 4.06. The molecule has 1 radical (unpaired) electrons. The summed E-state index contributed by atoms with van der Waals surface area (Å²) in [6, 6.07) is 0.550. The predicted octanol–water partition coefficient (Wildman–Crippen LogP) is 1.99. The highest BCUT2D eigenvalue weighted by molar-refractivity contribution is 4.90. The normalized spacial score (nSPS) is 45.0. The van der Waals surface area contributed by atoms with Crippen molar-refractivity contribution in [1.29, 1.82) is 0 Å². The van der Waals surface area contributed by atoms with Crippen molar-refractivity contribution >= 4 is 0 Å². The van der Waals surface area contributed by atoms with Crippen molar-refractivity contribution in [3.63, 3.8) is 0 Å². The van der Waals surface area contributed by atoms with Crippen LogP contribution < -0.4 is 5.32 Å². The van der Waals surface area contributed by atoms with Crippen molar-refractivity contribution in [1.82, 2.24) is 5.32 Å². The quantitative estimate of drug-likeness (QED) is 0.559. The van der Waals surface area contributed by atoms with Gasteiger partial charge in [-0.15, -0.1) is 0 Å². The van der Waals surface area contributed by atoms with Gasteiger partial charge in [-0.05, 0) is 38.1 Å². The van der Waals surface area contributed by atoms with Crippen LogP contribution in [-0.2, 0) is 0 Å². The Morgan fingerprint density at radius 2 is 1.91 bits per heavy atom. The maximum Gasteiger partial charge on any atom is 0.00985 e. The van der Waals surface area contributed by atoms with Crippen molar-refractivity contribution in [3.8, 4) is 0 Å². The Labute approximate surface area is 69.6 Å². The average molecular weight is 152 g/mol. The predicted molar refractivity (Wildman–Crippen MR) is 47.2 cm³/mol. The van der Waals surface area contributed by atoms with Gasteiger partial charge < -0.3 is 5.32 Å². The lowest BCUT2D eigenvalue weighted by atomic mass is 9.72. The molecule has 2 rings (SSSR count). The van der Waals surface area contributed by atoms with Crippen molar-refractivity contribution in [2.24, 2.45) is 11.8 Å². The number of nitrogens with one attached hydrogen (secondary N) is 1. The van der Waals surface area contributed by atoms with Gasteiger partial charge in [0.15, 0.2) is 0 Å². The van der Waals surface area contributed by atoms with Crippen LogP contribution in [0.1, 0.15) is 32.1 Å². The van der Waals surface area contributed by atoms with Crippen molar-refractivity contribution in [2.75, 3.05) is 6.54 Å². The average Bonchev–Trinajstić information content (AvgIpc) is 2.06. The maximum absolute atomic E-state index is 4.17. The molecule has 0 amide bonds. The molecule has 1 N–H and O–H groups in total. The SMILES string of the molecule is [CH2]C1NCCC2CCCCC21. The lowest BCUT2D eigenvalue weighted by Crippen LogP contribution is -2.45. The molecule has 1 nitrogen and oxygen atoms in total. The third-order valence-electron chi connectivity index (χ3n) is 3.41. The minimum Gasteiger partial charge on any atom is -0.314 e. The first-order valence-corrected chi connectivity index (χ1v) is 4.94. The monoisotopic (exact) mass is 152 g/mol. The lowest BCUT2D eigenvalue weighted by Gasteiger charge is -2.40. The molecule has 1 heterocycles. The van der Waals surface area contributed by atoms with E-state index in [1.54, 1.807) is 0 Å². The lowest BCUT2D eigenvalue weighted by molar-refractivity contribution is 0.154. The topological polar surface area (TPSA) is 12.0 Å². The summed E-state index contributed by atoms with van der Waals surface area (Å²) in [5.74, 6) is 1.91. The molecule has 0 aromatic heterocycles. The van der Waals surface area contributed by atoms with E-state index in [4.69, 9.17) is 0 Å². The molecule has 1 saturated heterocycles. The largest absolute Gasteiger partial charge is 0.314 e. The van der Waals surface area contributed by atoms with Gasteiger partial charge in [-0.25, -0.2) is 0 Å². The summed E-state index contributed by atoms with van der Waals surface area (Å²) >= 11 is 0. The van der Waals surface area contributed by atoms with E-state index in [2.05, 4.69) is 12.2 Å². The summed E-state index contributed by atoms with van der Waals surface area (Å²) in [5.41, 5.74) is 0. The minimum atomic E-state index is 0.550. The van der Waals surface area contributed by atoms with Crippen molar-refractivity contribution in [3.05, 3.63) is 6.92 Å². The van der Waals surface area contributed by atoms with E-state index in [0.717, 1.165) is 11.8 Å². The van der Waals surface area contributed by atoms with E-state index >= 15 is 0 Å². The molecule has 3 unspecified atom stereocenters. The molecule has 0 aromatic rings. The van der Waals surface area contributed by atoms with Gasteiger partial charge >= 0.3 is 0 Å². The highest BCUT2D eigenvalue weighted by atomic mass is 14.9. The first-order chi connectivity index (χ1) is 5.38. The maximum atomic E-state index is 4.17. The van der Waals surface area contributed by atoms with E-state index in [1.165, 1.54) is 38.6 Å². The van der Waals surface area contributed by atoms with E-state index in [0.29, 0.717) is 6.04 Å². The van der Waals surface area contributed by atoms with Gasteiger partial charge in [-0.1, -0.05) is 19.3 Å². The van der Waals surface area contributed by atoms with E-state index < -0.39 is 0 Å². The smallest absolute Gasteiger partial charge is 0.00985 e. The zero-order valence-electron chi connectivity index (χ0n) is 7.18. The Kier molecular flexibility index (Phi) is 2.17. The zero-order valence-corrected chi connectivity index (χ0v) is 7.18. The summed E-state index contributed by atoms with van der Waals surface area (Å²) in [6.45, 7) is 5.37. The fourth-order valence-corrected chi connectivity index (χ4v) is 2.73. The van der Waals surface area contributed by atoms with Crippen LogP contribution in [0.3, 0.4) is 0 Å². The van der Waals surface area contributed by atoms with Gasteiger partial charge in [0.05, 0.1) is 0 Å².